The van der Waals surface area contributed by atoms with Gasteiger partial charge in [-0.05, 0) is 71.6 Å². The van der Waals surface area contributed by atoms with Crippen LogP contribution in [0.15, 0.2) is 103 Å². The second kappa shape index (κ2) is 16.2. The van der Waals surface area contributed by atoms with Gasteiger partial charge in [-0.15, -0.1) is 0 Å². The van der Waals surface area contributed by atoms with Gasteiger partial charge in [-0.25, -0.2) is 4.79 Å². The first-order chi connectivity index (χ1) is 22.5. The van der Waals surface area contributed by atoms with E-state index in [1.165, 1.54) is 17.5 Å². The fourth-order valence-electron chi connectivity index (χ4n) is 6.97. The number of esters is 1. The maximum Gasteiger partial charge on any atom is 0.328 e. The zero-order chi connectivity index (χ0) is 34.0. The first-order valence-electron chi connectivity index (χ1n) is 16.6. The van der Waals surface area contributed by atoms with Gasteiger partial charge in [0.1, 0.15) is 11.8 Å². The summed E-state index contributed by atoms with van der Waals surface area (Å²) in [6.07, 6.45) is 6.79. The minimum atomic E-state index is -2.69. The lowest BCUT2D eigenvalue weighted by Gasteiger charge is -2.43. The molecule has 0 unspecified atom stereocenters. The van der Waals surface area contributed by atoms with Gasteiger partial charge < -0.3 is 18.8 Å². The third-order valence-electron chi connectivity index (χ3n) is 9.35. The molecule has 1 heterocycles. The Morgan fingerprint density at radius 3 is 2.17 bits per heavy atom. The van der Waals surface area contributed by atoms with Gasteiger partial charge in [0.25, 0.3) is 8.32 Å². The highest BCUT2D eigenvalue weighted by molar-refractivity contribution is 6.99. The molecular weight excluding hydrogens is 603 g/mol. The van der Waals surface area contributed by atoms with E-state index in [9.17, 15) is 9.59 Å². The van der Waals surface area contributed by atoms with Gasteiger partial charge in [-0.3, -0.25) is 4.79 Å². The fraction of sp³-hybridized carbons (Fsp3) is 0.400. The number of allylic oxidation sites excluding steroid dienone is 1. The highest BCUT2D eigenvalue weighted by Gasteiger charge is 2.50. The number of likely N-dealkylation sites (tertiary alicyclic amines) is 1. The lowest BCUT2D eigenvalue weighted by atomic mass is 9.82. The first kappa shape index (κ1) is 35.9. The molecule has 7 heteroatoms. The van der Waals surface area contributed by atoms with Crippen molar-refractivity contribution in [2.75, 3.05) is 27.4 Å². The zero-order valence-electron chi connectivity index (χ0n) is 28.9. The molecule has 1 aliphatic heterocycles. The van der Waals surface area contributed by atoms with Gasteiger partial charge >= 0.3 is 5.97 Å². The monoisotopic (exact) mass is 653 g/mol. The molecule has 0 saturated carbocycles. The summed E-state index contributed by atoms with van der Waals surface area (Å²) in [5.41, 5.74) is 1.86. The molecule has 0 spiro atoms. The Morgan fingerprint density at radius 2 is 1.62 bits per heavy atom. The van der Waals surface area contributed by atoms with Crippen LogP contribution in [0.2, 0.25) is 5.04 Å². The average molecular weight is 654 g/mol. The number of nitrogens with zero attached hydrogens (tertiary/aromatic N) is 1. The Hall–Kier alpha value is -3.94. The Bertz CT molecular complexity index is 1470. The molecule has 0 bridgehead atoms. The molecule has 47 heavy (non-hydrogen) atoms. The van der Waals surface area contributed by atoms with Gasteiger partial charge in [-0.2, -0.15) is 0 Å². The Balaban J connectivity index is 1.63. The molecule has 0 N–H and O–H groups in total. The summed E-state index contributed by atoms with van der Waals surface area (Å²) < 4.78 is 17.7. The Labute approximate surface area is 282 Å². The fourth-order valence-corrected chi connectivity index (χ4v) is 11.6. The summed E-state index contributed by atoms with van der Waals surface area (Å²) >= 11 is 0. The van der Waals surface area contributed by atoms with Gasteiger partial charge in [0.2, 0.25) is 5.91 Å². The molecule has 0 aliphatic carbocycles. The largest absolute Gasteiger partial charge is 0.497 e. The van der Waals surface area contributed by atoms with E-state index in [1.807, 2.05) is 43.3 Å². The molecule has 3 atom stereocenters. The lowest BCUT2D eigenvalue weighted by molar-refractivity contribution is -0.152. The Kier molecular flexibility index (Phi) is 12.4. The van der Waals surface area contributed by atoms with E-state index in [0.717, 1.165) is 29.7 Å². The molecular formula is C40H51NO5Si. The second-order valence-electron chi connectivity index (χ2n) is 13.5. The number of rotatable bonds is 14. The van der Waals surface area contributed by atoms with Crippen LogP contribution in [-0.4, -0.2) is 58.5 Å². The molecule has 0 aromatic heterocycles. The van der Waals surface area contributed by atoms with Crippen LogP contribution >= 0.6 is 0 Å². The molecule has 1 aliphatic rings. The molecule has 250 valence electrons. The van der Waals surface area contributed by atoms with Crippen molar-refractivity contribution in [1.82, 2.24) is 4.90 Å². The van der Waals surface area contributed by atoms with Gasteiger partial charge in [0.15, 0.2) is 0 Å². The van der Waals surface area contributed by atoms with Crippen LogP contribution in [0.5, 0.6) is 5.75 Å². The molecule has 3 aromatic rings. The van der Waals surface area contributed by atoms with Crippen molar-refractivity contribution < 1.29 is 23.5 Å². The highest BCUT2D eigenvalue weighted by atomic mass is 28.4. The maximum atomic E-state index is 14.3. The standard InChI is InChI=1S/C40H51NO5Si/c1-30(2)35(23-16-28-46-47(40(3,4)5,33-19-10-8-11-20-33)34-21-12-9-13-22-34)36(26-25-31-17-14-18-32(29-31)44-6)38(42)41-27-15-24-37(41)39(43)45-7/h8-14,17-22,25-26,29,35-37H,1,15-16,23-24,27-28H2,2-7H3/b26-25+/t35-,36+,37-/m0/s1. The molecule has 3 aromatic carbocycles. The van der Waals surface area contributed by atoms with Crippen molar-refractivity contribution >= 4 is 36.6 Å². The summed E-state index contributed by atoms with van der Waals surface area (Å²) in [6.45, 7) is 14.3. The number of ether oxygens (including phenoxy) is 2. The molecule has 0 radical (unpaired) electrons. The number of hydrogen-bond acceptors (Lipinski definition) is 5. The van der Waals surface area contributed by atoms with E-state index in [1.54, 1.807) is 12.0 Å². The molecule has 1 saturated heterocycles. The van der Waals surface area contributed by atoms with E-state index < -0.39 is 20.3 Å². The number of amides is 1. The van der Waals surface area contributed by atoms with E-state index in [-0.39, 0.29) is 22.8 Å². The normalized spacial score (nSPS) is 16.6. The highest BCUT2D eigenvalue weighted by Crippen LogP contribution is 2.37. The van der Waals surface area contributed by atoms with Gasteiger partial charge in [0, 0.05) is 13.2 Å². The summed E-state index contributed by atoms with van der Waals surface area (Å²) in [7, 11) is 0.333. The van der Waals surface area contributed by atoms with E-state index in [0.29, 0.717) is 26.0 Å². The smallest absolute Gasteiger partial charge is 0.328 e. The number of methoxy groups -OCH3 is 2. The van der Waals surface area contributed by atoms with Crippen molar-refractivity contribution in [3.63, 3.8) is 0 Å². The van der Waals surface area contributed by atoms with Crippen molar-refractivity contribution in [3.05, 3.63) is 109 Å². The third-order valence-corrected chi connectivity index (χ3v) is 14.4. The maximum absolute atomic E-state index is 14.3. The molecule has 4 rings (SSSR count). The minimum absolute atomic E-state index is 0.0713. The van der Waals surface area contributed by atoms with Gasteiger partial charge in [0.05, 0.1) is 20.1 Å². The molecule has 1 amide bonds. The van der Waals surface area contributed by atoms with Crippen LogP contribution in [0.3, 0.4) is 0 Å². The third kappa shape index (κ3) is 8.32. The predicted molar refractivity (Wildman–Crippen MR) is 193 cm³/mol. The lowest BCUT2D eigenvalue weighted by Crippen LogP contribution is -2.66. The number of carbonyl (C=O) groups excluding carboxylic acids is 2. The first-order valence-corrected chi connectivity index (χ1v) is 18.5. The summed E-state index contributed by atoms with van der Waals surface area (Å²) in [5, 5.41) is 2.36. The summed E-state index contributed by atoms with van der Waals surface area (Å²) in [4.78, 5) is 28.7. The minimum Gasteiger partial charge on any atom is -0.497 e. The molecule has 1 fully saturated rings. The predicted octanol–water partition coefficient (Wildman–Crippen LogP) is 7.04. The van der Waals surface area contributed by atoms with Crippen LogP contribution in [-0.2, 0) is 18.8 Å². The number of benzene rings is 3. The van der Waals surface area contributed by atoms with Crippen molar-refractivity contribution in [2.24, 2.45) is 11.8 Å². The van der Waals surface area contributed by atoms with Crippen molar-refractivity contribution in [1.29, 1.82) is 0 Å². The zero-order valence-corrected chi connectivity index (χ0v) is 29.9. The van der Waals surface area contributed by atoms with Crippen LogP contribution in [0.4, 0.5) is 0 Å². The second-order valence-corrected chi connectivity index (χ2v) is 17.8. The topological polar surface area (TPSA) is 65.1 Å². The van der Waals surface area contributed by atoms with Crippen LogP contribution in [0, 0.1) is 11.8 Å². The van der Waals surface area contributed by atoms with Crippen LogP contribution in [0.1, 0.15) is 58.9 Å². The number of hydrogen-bond donors (Lipinski definition) is 0. The average Bonchev–Trinajstić information content (AvgIpc) is 3.57. The van der Waals surface area contributed by atoms with E-state index in [4.69, 9.17) is 13.9 Å². The molecule has 6 nitrogen and oxygen atoms in total. The van der Waals surface area contributed by atoms with E-state index >= 15 is 0 Å². The summed E-state index contributed by atoms with van der Waals surface area (Å²) in [5.74, 6) is -0.338. The van der Waals surface area contributed by atoms with Crippen LogP contribution < -0.4 is 15.1 Å². The Morgan fingerprint density at radius 1 is 0.979 bits per heavy atom. The van der Waals surface area contributed by atoms with Gasteiger partial charge in [-0.1, -0.05) is 118 Å². The van der Waals surface area contributed by atoms with E-state index in [2.05, 4.69) is 88.0 Å². The van der Waals surface area contributed by atoms with Crippen molar-refractivity contribution in [2.45, 2.75) is 64.5 Å². The van der Waals surface area contributed by atoms with Crippen molar-refractivity contribution in [3.8, 4) is 5.75 Å². The van der Waals surface area contributed by atoms with Crippen LogP contribution in [0.25, 0.3) is 6.08 Å². The number of carbonyl (C=O) groups is 2. The SMILES string of the molecule is C=C(C)[C@H](CCCO[Si](c1ccccc1)(c1ccccc1)C(C)(C)C)[C@@H](/C=C/c1cccc(OC)c1)C(=O)N1CCC[C@H]1C(=O)OC. The quantitative estimate of drug-likeness (QED) is 0.0809. The summed E-state index contributed by atoms with van der Waals surface area (Å²) in [6, 6.07) is 28.5.